The lowest BCUT2D eigenvalue weighted by Crippen LogP contribution is -2.48. The minimum absolute atomic E-state index is 0.0000890. The second kappa shape index (κ2) is 10.8. The van der Waals surface area contributed by atoms with E-state index in [9.17, 15) is 18.0 Å². The number of likely N-dealkylation sites (N-methyl/N-ethyl adjacent to an activating group) is 1. The van der Waals surface area contributed by atoms with Crippen molar-refractivity contribution in [1.82, 2.24) is 18.8 Å². The molecule has 0 aliphatic carbocycles. The van der Waals surface area contributed by atoms with Gasteiger partial charge in [0.25, 0.3) is 15.9 Å². The second-order valence-corrected chi connectivity index (χ2v) is 10.8. The van der Waals surface area contributed by atoms with Crippen molar-refractivity contribution >= 4 is 27.5 Å². The highest BCUT2D eigenvalue weighted by molar-refractivity contribution is 7.89. The van der Waals surface area contributed by atoms with Crippen LogP contribution in [0.25, 0.3) is 0 Å². The van der Waals surface area contributed by atoms with Crippen molar-refractivity contribution in [3.05, 3.63) is 36.3 Å². The number of carbonyl (C=O) groups is 2. The number of aryl methyl sites for hydroxylation is 1. The van der Waals surface area contributed by atoms with E-state index in [0.717, 1.165) is 0 Å². The van der Waals surface area contributed by atoms with Crippen molar-refractivity contribution in [2.75, 3.05) is 39.2 Å². The fraction of sp³-hybridized carbons (Fsp3) is 0.522. The molecule has 1 aliphatic heterocycles. The summed E-state index contributed by atoms with van der Waals surface area (Å²) in [6.07, 6.45) is 2.47. The van der Waals surface area contributed by atoms with Gasteiger partial charge in [0, 0.05) is 53.1 Å². The highest BCUT2D eigenvalue weighted by Crippen LogP contribution is 2.27. The Bertz CT molecular complexity index is 1180. The van der Waals surface area contributed by atoms with Crippen LogP contribution in [0.2, 0.25) is 0 Å². The molecule has 0 unspecified atom stereocenters. The molecule has 2 aromatic rings. The van der Waals surface area contributed by atoms with Crippen molar-refractivity contribution in [2.24, 2.45) is 13.0 Å². The van der Waals surface area contributed by atoms with Gasteiger partial charge in [-0.1, -0.05) is 6.92 Å². The molecule has 0 radical (unpaired) electrons. The molecule has 12 heteroatoms. The Morgan fingerprint density at radius 1 is 1.23 bits per heavy atom. The molecule has 1 aromatic carbocycles. The molecule has 0 bridgehead atoms. The summed E-state index contributed by atoms with van der Waals surface area (Å²) < 4.78 is 41.7. The summed E-state index contributed by atoms with van der Waals surface area (Å²) in [5.74, 6) is -0.522. The summed E-state index contributed by atoms with van der Waals surface area (Å²) in [5.41, 5.74) is 0.714. The van der Waals surface area contributed by atoms with Gasteiger partial charge < -0.3 is 24.3 Å². The highest BCUT2D eigenvalue weighted by atomic mass is 32.2. The monoisotopic (exact) mass is 507 g/mol. The predicted molar refractivity (Wildman–Crippen MR) is 130 cm³/mol. The van der Waals surface area contributed by atoms with Gasteiger partial charge in [0.1, 0.15) is 12.4 Å². The minimum Gasteiger partial charge on any atom is -0.491 e. The third-order valence-corrected chi connectivity index (χ3v) is 7.83. The summed E-state index contributed by atoms with van der Waals surface area (Å²) in [6.45, 7) is 5.40. The van der Waals surface area contributed by atoms with E-state index in [2.05, 4.69) is 10.3 Å². The Morgan fingerprint density at radius 3 is 2.54 bits per heavy atom. The first-order valence-corrected chi connectivity index (χ1v) is 12.7. The van der Waals surface area contributed by atoms with Gasteiger partial charge in [0.05, 0.1) is 24.0 Å². The Hall–Kier alpha value is -2.96. The van der Waals surface area contributed by atoms with E-state index >= 15 is 0 Å². The molecule has 1 aliphatic rings. The van der Waals surface area contributed by atoms with E-state index in [1.165, 1.54) is 35.8 Å². The molecule has 0 spiro atoms. The fourth-order valence-electron chi connectivity index (χ4n) is 4.00. The summed E-state index contributed by atoms with van der Waals surface area (Å²) >= 11 is 0. The number of methoxy groups -OCH3 is 1. The van der Waals surface area contributed by atoms with Gasteiger partial charge in [0.2, 0.25) is 5.91 Å². The number of fused-ring (bicyclic) bond motifs is 1. The van der Waals surface area contributed by atoms with E-state index in [4.69, 9.17) is 9.47 Å². The van der Waals surface area contributed by atoms with Gasteiger partial charge in [-0.25, -0.2) is 13.4 Å². The van der Waals surface area contributed by atoms with E-state index in [-0.39, 0.29) is 48.0 Å². The summed E-state index contributed by atoms with van der Waals surface area (Å²) in [5, 5.41) is 2.62. The molecule has 1 N–H and O–H groups in total. The maximum Gasteiger partial charge on any atom is 0.262 e. The van der Waals surface area contributed by atoms with Gasteiger partial charge in [0.15, 0.2) is 5.03 Å². The van der Waals surface area contributed by atoms with Crippen LogP contribution in [0, 0.1) is 5.92 Å². The zero-order valence-electron chi connectivity index (χ0n) is 20.9. The Morgan fingerprint density at radius 2 is 1.94 bits per heavy atom. The number of ether oxygens (including phenoxy) is 2. The molecule has 3 rings (SSSR count). The maximum absolute atomic E-state index is 13.5. The number of imidazole rings is 1. The third-order valence-electron chi connectivity index (χ3n) is 5.96. The number of rotatable bonds is 4. The molecule has 2 heterocycles. The Labute approximate surface area is 206 Å². The van der Waals surface area contributed by atoms with Crippen LogP contribution >= 0.6 is 0 Å². The third kappa shape index (κ3) is 6.00. The topological polar surface area (TPSA) is 123 Å². The molecule has 3 atom stereocenters. The summed E-state index contributed by atoms with van der Waals surface area (Å²) in [7, 11) is 0.964. The van der Waals surface area contributed by atoms with Crippen LogP contribution in [-0.2, 0) is 26.6 Å². The van der Waals surface area contributed by atoms with E-state index in [1.54, 1.807) is 43.8 Å². The first-order chi connectivity index (χ1) is 16.4. The van der Waals surface area contributed by atoms with Gasteiger partial charge in [-0.2, -0.15) is 4.31 Å². The minimum atomic E-state index is -3.93. The van der Waals surface area contributed by atoms with Crippen LogP contribution in [0.1, 0.15) is 31.1 Å². The molecule has 0 saturated heterocycles. The molecule has 35 heavy (non-hydrogen) atoms. The van der Waals surface area contributed by atoms with Gasteiger partial charge in [-0.05, 0) is 31.0 Å². The zero-order chi connectivity index (χ0) is 25.9. The van der Waals surface area contributed by atoms with Crippen LogP contribution in [0.4, 0.5) is 5.69 Å². The van der Waals surface area contributed by atoms with E-state index in [1.807, 2.05) is 6.92 Å². The number of nitrogens with one attached hydrogen (secondary N) is 1. The Kier molecular flexibility index (Phi) is 8.18. The normalized spacial score (nSPS) is 22.5. The van der Waals surface area contributed by atoms with Crippen LogP contribution < -0.4 is 10.1 Å². The second-order valence-electron chi connectivity index (χ2n) is 8.94. The number of hydrogen-bond acceptors (Lipinski definition) is 7. The van der Waals surface area contributed by atoms with Crippen molar-refractivity contribution in [3.63, 3.8) is 0 Å². The summed E-state index contributed by atoms with van der Waals surface area (Å²) in [4.78, 5) is 30.4. The zero-order valence-corrected chi connectivity index (χ0v) is 21.7. The number of sulfonamides is 1. The van der Waals surface area contributed by atoms with Gasteiger partial charge in [-0.3, -0.25) is 9.59 Å². The van der Waals surface area contributed by atoms with E-state index < -0.39 is 22.2 Å². The molecular weight excluding hydrogens is 474 g/mol. The molecule has 11 nitrogen and oxygen atoms in total. The van der Waals surface area contributed by atoms with Crippen molar-refractivity contribution < 1.29 is 27.5 Å². The lowest BCUT2D eigenvalue weighted by atomic mass is 10.0. The number of benzene rings is 1. The largest absolute Gasteiger partial charge is 0.491 e. The average molecular weight is 508 g/mol. The fourth-order valence-corrected chi connectivity index (χ4v) is 5.69. The van der Waals surface area contributed by atoms with Gasteiger partial charge in [-0.15, -0.1) is 0 Å². The average Bonchev–Trinajstić information content (AvgIpc) is 3.25. The molecule has 2 amide bonds. The number of hydrogen-bond donors (Lipinski definition) is 1. The lowest BCUT2D eigenvalue weighted by Gasteiger charge is -2.35. The number of aromatic nitrogens is 2. The van der Waals surface area contributed by atoms with Crippen LogP contribution in [0.3, 0.4) is 0 Å². The van der Waals surface area contributed by atoms with Crippen LogP contribution in [0.15, 0.2) is 35.7 Å². The molecular formula is C23H33N5O6S. The summed E-state index contributed by atoms with van der Waals surface area (Å²) in [6, 6.07) is 4.21. The van der Waals surface area contributed by atoms with Gasteiger partial charge >= 0.3 is 0 Å². The standard InChI is InChI=1S/C23H33N5O6S/c1-15-10-28(35(31,32)22-12-26(4)14-24-22)16(2)13-34-20-8-7-18(25-17(3)29)9-19(20)23(30)27(5)11-21(15)33-6/h7-9,12,14-16,21H,10-11,13H2,1-6H3,(H,25,29)/t15-,16-,21-/m1/s1. The molecule has 0 fully saturated rings. The predicted octanol–water partition coefficient (Wildman–Crippen LogP) is 1.57. The quantitative estimate of drug-likeness (QED) is 0.666. The first kappa shape index (κ1) is 26.6. The number of anilines is 1. The number of carbonyl (C=O) groups excluding carboxylic acids is 2. The first-order valence-electron chi connectivity index (χ1n) is 11.3. The smallest absolute Gasteiger partial charge is 0.262 e. The van der Waals surface area contributed by atoms with Crippen LogP contribution in [0.5, 0.6) is 5.75 Å². The molecule has 192 valence electrons. The van der Waals surface area contributed by atoms with Crippen LogP contribution in [-0.4, -0.2) is 85.0 Å². The Balaban J connectivity index is 2.04. The molecule has 1 aromatic heterocycles. The van der Waals surface area contributed by atoms with Crippen molar-refractivity contribution in [2.45, 2.75) is 37.9 Å². The molecule has 0 saturated carbocycles. The van der Waals surface area contributed by atoms with Crippen molar-refractivity contribution in [1.29, 1.82) is 0 Å². The maximum atomic E-state index is 13.5. The number of nitrogens with zero attached hydrogens (tertiary/aromatic N) is 4. The highest BCUT2D eigenvalue weighted by Gasteiger charge is 2.35. The SMILES string of the molecule is CO[C@@H]1CN(C)C(=O)c2cc(NC(C)=O)ccc2OC[C@@H](C)N(S(=O)(=O)c2cn(C)cn2)C[C@H]1C. The van der Waals surface area contributed by atoms with E-state index in [0.29, 0.717) is 11.4 Å². The number of amides is 2. The lowest BCUT2D eigenvalue weighted by molar-refractivity contribution is -0.114. The van der Waals surface area contributed by atoms with Crippen molar-refractivity contribution in [3.8, 4) is 5.75 Å².